The molecule has 0 saturated carbocycles. The van der Waals surface area contributed by atoms with E-state index in [-0.39, 0.29) is 19.1 Å². The van der Waals surface area contributed by atoms with Gasteiger partial charge in [0.2, 0.25) is 0 Å². The summed E-state index contributed by atoms with van der Waals surface area (Å²) >= 11 is 0. The van der Waals surface area contributed by atoms with Gasteiger partial charge in [-0.1, -0.05) is 72.8 Å². The highest BCUT2D eigenvalue weighted by molar-refractivity contribution is 5.79. The van der Waals surface area contributed by atoms with Crippen LogP contribution >= 0.6 is 0 Å². The molecule has 1 aliphatic carbocycles. The van der Waals surface area contributed by atoms with E-state index in [1.807, 2.05) is 24.3 Å². The molecule has 0 aromatic heterocycles. The predicted octanol–water partition coefficient (Wildman–Crippen LogP) is 5.08. The van der Waals surface area contributed by atoms with E-state index < -0.39 is 17.7 Å². The zero-order valence-corrected chi connectivity index (χ0v) is 15.6. The first-order valence-electron chi connectivity index (χ1n) is 9.38. The lowest BCUT2D eigenvalue weighted by molar-refractivity contribution is 0.144. The molecule has 0 saturated heterocycles. The molecule has 0 heterocycles. The van der Waals surface area contributed by atoms with Crippen LogP contribution in [0.4, 0.5) is 9.18 Å². The van der Waals surface area contributed by atoms with Crippen LogP contribution in [0.15, 0.2) is 72.8 Å². The van der Waals surface area contributed by atoms with Gasteiger partial charge in [0.15, 0.2) is 11.6 Å². The number of amides is 1. The number of fused-ring (bicyclic) bond motifs is 3. The standard InChI is InChI=1S/C24H20FNO3/c25-22-13-5-7-16(23(22)27)8-6-14-26-24(28)29-15-21-19-11-3-1-9-17(19)18-10-2-4-12-20(18)21/h1-13,21,27H,14-15H2,(H,26,28). The third kappa shape index (κ3) is 3.85. The third-order valence-corrected chi connectivity index (χ3v) is 5.02. The van der Waals surface area contributed by atoms with Crippen molar-refractivity contribution in [2.24, 2.45) is 0 Å². The van der Waals surface area contributed by atoms with Crippen molar-refractivity contribution >= 4 is 12.2 Å². The van der Waals surface area contributed by atoms with E-state index in [2.05, 4.69) is 29.6 Å². The first-order valence-corrected chi connectivity index (χ1v) is 9.38. The van der Waals surface area contributed by atoms with Crippen molar-refractivity contribution in [1.29, 1.82) is 0 Å². The van der Waals surface area contributed by atoms with Gasteiger partial charge in [-0.15, -0.1) is 0 Å². The van der Waals surface area contributed by atoms with Crippen molar-refractivity contribution in [2.75, 3.05) is 13.2 Å². The fourth-order valence-corrected chi connectivity index (χ4v) is 3.64. The molecule has 29 heavy (non-hydrogen) atoms. The third-order valence-electron chi connectivity index (χ3n) is 5.02. The Kier molecular flexibility index (Phi) is 5.29. The number of rotatable bonds is 5. The Labute approximate surface area is 168 Å². The van der Waals surface area contributed by atoms with E-state index in [0.717, 1.165) is 11.1 Å². The first-order chi connectivity index (χ1) is 14.1. The molecule has 2 N–H and O–H groups in total. The zero-order chi connectivity index (χ0) is 20.2. The van der Waals surface area contributed by atoms with Gasteiger partial charge in [0.25, 0.3) is 0 Å². The van der Waals surface area contributed by atoms with Gasteiger partial charge >= 0.3 is 6.09 Å². The van der Waals surface area contributed by atoms with Crippen LogP contribution in [0, 0.1) is 5.82 Å². The average Bonchev–Trinajstić information content (AvgIpc) is 3.06. The molecule has 0 atom stereocenters. The first kappa shape index (κ1) is 18.7. The van der Waals surface area contributed by atoms with Crippen LogP contribution in [0.1, 0.15) is 22.6 Å². The number of hydrogen-bond acceptors (Lipinski definition) is 3. The molecule has 4 rings (SSSR count). The van der Waals surface area contributed by atoms with E-state index in [1.54, 1.807) is 18.2 Å². The van der Waals surface area contributed by atoms with Gasteiger partial charge in [0, 0.05) is 18.0 Å². The number of hydrogen-bond donors (Lipinski definition) is 2. The van der Waals surface area contributed by atoms with Crippen LogP contribution < -0.4 is 5.32 Å². The van der Waals surface area contributed by atoms with Crippen molar-refractivity contribution in [1.82, 2.24) is 5.32 Å². The van der Waals surface area contributed by atoms with Crippen LogP contribution in [0.5, 0.6) is 5.75 Å². The van der Waals surface area contributed by atoms with Gasteiger partial charge in [0.05, 0.1) is 0 Å². The Morgan fingerprint density at radius 2 is 1.66 bits per heavy atom. The second-order valence-corrected chi connectivity index (χ2v) is 6.79. The summed E-state index contributed by atoms with van der Waals surface area (Å²) in [4.78, 5) is 12.1. The Morgan fingerprint density at radius 1 is 1.00 bits per heavy atom. The Hall–Kier alpha value is -3.60. The number of aromatic hydroxyl groups is 1. The normalized spacial score (nSPS) is 12.6. The molecule has 1 amide bonds. The Morgan fingerprint density at radius 3 is 2.34 bits per heavy atom. The van der Waals surface area contributed by atoms with Gasteiger partial charge in [0.1, 0.15) is 6.61 Å². The van der Waals surface area contributed by atoms with Crippen LogP contribution in [0.2, 0.25) is 0 Å². The maximum Gasteiger partial charge on any atom is 0.407 e. The SMILES string of the molecule is O=C(NCC=Cc1cccc(F)c1O)OCC1c2ccccc2-c2ccccc21. The summed E-state index contributed by atoms with van der Waals surface area (Å²) < 4.78 is 18.7. The summed E-state index contributed by atoms with van der Waals surface area (Å²) in [6.07, 6.45) is 2.64. The molecule has 0 radical (unpaired) electrons. The van der Waals surface area contributed by atoms with Gasteiger partial charge < -0.3 is 15.2 Å². The van der Waals surface area contributed by atoms with E-state index in [1.165, 1.54) is 23.3 Å². The molecule has 5 heteroatoms. The predicted molar refractivity (Wildman–Crippen MR) is 110 cm³/mol. The fourth-order valence-electron chi connectivity index (χ4n) is 3.64. The largest absolute Gasteiger partial charge is 0.504 e. The van der Waals surface area contributed by atoms with Crippen LogP contribution in [-0.2, 0) is 4.74 Å². The summed E-state index contributed by atoms with van der Waals surface area (Å²) in [6.45, 7) is 0.445. The highest BCUT2D eigenvalue weighted by atomic mass is 19.1. The van der Waals surface area contributed by atoms with E-state index in [0.29, 0.717) is 5.56 Å². The molecule has 0 unspecified atom stereocenters. The van der Waals surface area contributed by atoms with Crippen molar-refractivity contribution in [3.8, 4) is 16.9 Å². The minimum absolute atomic E-state index is 0.00735. The maximum absolute atomic E-state index is 13.3. The number of alkyl carbamates (subject to hydrolysis) is 1. The van der Waals surface area contributed by atoms with Gasteiger partial charge in [-0.25, -0.2) is 9.18 Å². The number of phenols is 1. The number of ether oxygens (including phenoxy) is 1. The lowest BCUT2D eigenvalue weighted by Gasteiger charge is -2.14. The van der Waals surface area contributed by atoms with E-state index in [9.17, 15) is 14.3 Å². The number of para-hydroxylation sites is 1. The molecule has 3 aromatic rings. The zero-order valence-electron chi connectivity index (χ0n) is 15.6. The smallest absolute Gasteiger partial charge is 0.407 e. The maximum atomic E-state index is 13.3. The molecular weight excluding hydrogens is 369 g/mol. The van der Waals surface area contributed by atoms with Crippen LogP contribution in [-0.4, -0.2) is 24.4 Å². The molecule has 1 aliphatic rings. The summed E-state index contributed by atoms with van der Waals surface area (Å²) in [5.41, 5.74) is 5.01. The number of carbonyl (C=O) groups is 1. The molecular formula is C24H20FNO3. The second-order valence-electron chi connectivity index (χ2n) is 6.79. The lowest BCUT2D eigenvalue weighted by Crippen LogP contribution is -2.26. The van der Waals surface area contributed by atoms with Gasteiger partial charge in [-0.2, -0.15) is 0 Å². The van der Waals surface area contributed by atoms with Crippen molar-refractivity contribution < 1.29 is 19.0 Å². The van der Waals surface area contributed by atoms with E-state index >= 15 is 0 Å². The van der Waals surface area contributed by atoms with Crippen molar-refractivity contribution in [3.63, 3.8) is 0 Å². The second kappa shape index (κ2) is 8.19. The summed E-state index contributed by atoms with van der Waals surface area (Å²) in [7, 11) is 0. The average molecular weight is 389 g/mol. The molecule has 3 aromatic carbocycles. The van der Waals surface area contributed by atoms with Crippen molar-refractivity contribution in [3.05, 3.63) is 95.3 Å². The van der Waals surface area contributed by atoms with Gasteiger partial charge in [-0.05, 0) is 28.3 Å². The molecule has 0 aliphatic heterocycles. The Bertz CT molecular complexity index is 1030. The summed E-state index contributed by atoms with van der Waals surface area (Å²) in [5, 5.41) is 12.3. The monoisotopic (exact) mass is 389 g/mol. The molecule has 0 bridgehead atoms. The van der Waals surface area contributed by atoms with Gasteiger partial charge in [-0.3, -0.25) is 0 Å². The van der Waals surface area contributed by atoms with Crippen LogP contribution in [0.3, 0.4) is 0 Å². The minimum atomic E-state index is -0.684. The molecule has 146 valence electrons. The fraction of sp³-hybridized carbons (Fsp3) is 0.125. The topological polar surface area (TPSA) is 58.6 Å². The number of carbonyl (C=O) groups excluding carboxylic acids is 1. The molecule has 0 fully saturated rings. The van der Waals surface area contributed by atoms with Crippen molar-refractivity contribution in [2.45, 2.75) is 5.92 Å². The number of benzene rings is 3. The van der Waals surface area contributed by atoms with E-state index in [4.69, 9.17) is 4.74 Å². The Balaban J connectivity index is 1.34. The summed E-state index contributed by atoms with van der Waals surface area (Å²) in [5.74, 6) is -1.09. The minimum Gasteiger partial charge on any atom is -0.504 e. The highest BCUT2D eigenvalue weighted by Gasteiger charge is 2.28. The van der Waals surface area contributed by atoms with Crippen LogP contribution in [0.25, 0.3) is 17.2 Å². The molecule has 0 spiro atoms. The quantitative estimate of drug-likeness (QED) is 0.640. The number of nitrogens with one attached hydrogen (secondary N) is 1. The number of phenolic OH excluding ortho intramolecular Hbond substituents is 1. The number of halogens is 1. The highest BCUT2D eigenvalue weighted by Crippen LogP contribution is 2.44. The lowest BCUT2D eigenvalue weighted by atomic mass is 9.98. The molecule has 4 nitrogen and oxygen atoms in total. The summed E-state index contributed by atoms with van der Waals surface area (Å²) in [6, 6.07) is 20.6.